The molecule has 13 heteroatoms. The maximum atomic E-state index is 12.5. The van der Waals surface area contributed by atoms with Gasteiger partial charge in [-0.1, -0.05) is 0 Å². The van der Waals surface area contributed by atoms with E-state index in [0.717, 1.165) is 6.26 Å². The summed E-state index contributed by atoms with van der Waals surface area (Å²) >= 11 is 0. The molecule has 1 N–H and O–H groups in total. The fraction of sp³-hybridized carbons (Fsp3) is 0.368. The Morgan fingerprint density at radius 2 is 1.84 bits per heavy atom. The molecule has 2 heterocycles. The summed E-state index contributed by atoms with van der Waals surface area (Å²) in [4.78, 5) is 34.4. The number of benzene rings is 1. The standard InChI is InChI=1S/C19H22N4O8S/c1-5-29-19(25)15-12(18(24)31-30-6-2)10-23-16(20-21-17(15)23)11-7-8-13(14(9-11)28-3)22-32(4,26)27/h7-9,22H,5-6,10H2,1-4H3. The van der Waals surface area contributed by atoms with Crippen LogP contribution in [0.5, 0.6) is 5.75 Å². The third-order valence-electron chi connectivity index (χ3n) is 4.33. The van der Waals surface area contributed by atoms with Crippen molar-refractivity contribution in [3.05, 3.63) is 29.6 Å². The summed E-state index contributed by atoms with van der Waals surface area (Å²) in [6.45, 7) is 3.47. The number of esters is 1. The second-order valence-corrected chi connectivity index (χ2v) is 8.32. The summed E-state index contributed by atoms with van der Waals surface area (Å²) in [7, 11) is -2.13. The topological polar surface area (TPSA) is 148 Å². The molecule has 3 rings (SSSR count). The van der Waals surface area contributed by atoms with Crippen LogP contribution in [0.2, 0.25) is 0 Å². The van der Waals surface area contributed by atoms with Gasteiger partial charge in [-0.15, -0.1) is 10.2 Å². The van der Waals surface area contributed by atoms with Gasteiger partial charge in [0.1, 0.15) is 11.3 Å². The molecule has 0 spiro atoms. The third-order valence-corrected chi connectivity index (χ3v) is 4.92. The van der Waals surface area contributed by atoms with Crippen LogP contribution in [-0.4, -0.2) is 61.7 Å². The van der Waals surface area contributed by atoms with Crippen LogP contribution in [0.3, 0.4) is 0 Å². The summed E-state index contributed by atoms with van der Waals surface area (Å²) < 4.78 is 37.4. The normalized spacial score (nSPS) is 13.0. The van der Waals surface area contributed by atoms with Crippen LogP contribution in [0.1, 0.15) is 19.7 Å². The monoisotopic (exact) mass is 466 g/mol. The highest BCUT2D eigenvalue weighted by Gasteiger charge is 2.37. The van der Waals surface area contributed by atoms with Gasteiger partial charge in [-0.3, -0.25) is 9.61 Å². The van der Waals surface area contributed by atoms with Crippen LogP contribution in [-0.2, 0) is 40.7 Å². The Balaban J connectivity index is 2.02. The number of nitrogens with zero attached hydrogens (tertiary/aromatic N) is 3. The molecule has 1 aromatic carbocycles. The van der Waals surface area contributed by atoms with Gasteiger partial charge in [0.05, 0.1) is 44.4 Å². The Labute approximate surface area is 184 Å². The predicted molar refractivity (Wildman–Crippen MR) is 112 cm³/mol. The fourth-order valence-electron chi connectivity index (χ4n) is 3.08. The number of anilines is 1. The number of sulfonamides is 1. The van der Waals surface area contributed by atoms with E-state index in [1.165, 1.54) is 13.2 Å². The van der Waals surface area contributed by atoms with Gasteiger partial charge in [0.15, 0.2) is 11.6 Å². The van der Waals surface area contributed by atoms with Crippen molar-refractivity contribution in [3.8, 4) is 17.1 Å². The Morgan fingerprint density at radius 1 is 1.12 bits per heavy atom. The van der Waals surface area contributed by atoms with Crippen molar-refractivity contribution in [2.75, 3.05) is 31.3 Å². The van der Waals surface area contributed by atoms with Crippen molar-refractivity contribution in [2.24, 2.45) is 0 Å². The Morgan fingerprint density at radius 3 is 2.47 bits per heavy atom. The number of ether oxygens (including phenoxy) is 2. The molecule has 0 aliphatic carbocycles. The molecule has 0 radical (unpaired) electrons. The van der Waals surface area contributed by atoms with E-state index >= 15 is 0 Å². The molecule has 0 amide bonds. The second kappa shape index (κ2) is 9.36. The van der Waals surface area contributed by atoms with E-state index in [-0.39, 0.29) is 48.2 Å². The van der Waals surface area contributed by atoms with Crippen LogP contribution in [0.4, 0.5) is 5.69 Å². The van der Waals surface area contributed by atoms with Crippen LogP contribution in [0, 0.1) is 0 Å². The number of nitrogens with one attached hydrogen (secondary N) is 1. The minimum absolute atomic E-state index is 0.0189. The van der Waals surface area contributed by atoms with Crippen LogP contribution < -0.4 is 9.46 Å². The van der Waals surface area contributed by atoms with E-state index in [2.05, 4.69) is 14.9 Å². The van der Waals surface area contributed by atoms with Crippen molar-refractivity contribution < 1.29 is 37.3 Å². The van der Waals surface area contributed by atoms with Crippen LogP contribution in [0.25, 0.3) is 17.0 Å². The summed E-state index contributed by atoms with van der Waals surface area (Å²) in [5.74, 6) is -0.863. The summed E-state index contributed by atoms with van der Waals surface area (Å²) in [6, 6.07) is 4.68. The van der Waals surface area contributed by atoms with Crippen molar-refractivity contribution >= 4 is 33.2 Å². The summed E-state index contributed by atoms with van der Waals surface area (Å²) in [5.41, 5.74) is 0.719. The highest BCUT2D eigenvalue weighted by molar-refractivity contribution is 7.92. The lowest BCUT2D eigenvalue weighted by Crippen LogP contribution is -2.15. The number of aromatic nitrogens is 3. The molecule has 1 aliphatic heterocycles. The Kier molecular flexibility index (Phi) is 6.79. The minimum Gasteiger partial charge on any atom is -0.495 e. The summed E-state index contributed by atoms with van der Waals surface area (Å²) in [6.07, 6.45) is 1.03. The Hall–Kier alpha value is -3.45. The minimum atomic E-state index is -3.52. The number of hydrogen-bond donors (Lipinski definition) is 1. The first kappa shape index (κ1) is 23.2. The molecule has 0 saturated carbocycles. The first-order valence-electron chi connectivity index (χ1n) is 9.54. The zero-order chi connectivity index (χ0) is 23.5. The average Bonchev–Trinajstić information content (AvgIpc) is 3.30. The maximum Gasteiger partial charge on any atom is 0.371 e. The van der Waals surface area contributed by atoms with Gasteiger partial charge >= 0.3 is 11.9 Å². The molecular formula is C19H22N4O8S. The van der Waals surface area contributed by atoms with Gasteiger partial charge in [0.2, 0.25) is 10.0 Å². The van der Waals surface area contributed by atoms with Gasteiger partial charge in [0.25, 0.3) is 0 Å². The van der Waals surface area contributed by atoms with E-state index in [4.69, 9.17) is 19.2 Å². The second-order valence-electron chi connectivity index (χ2n) is 6.57. The molecule has 32 heavy (non-hydrogen) atoms. The average molecular weight is 466 g/mol. The molecule has 0 unspecified atom stereocenters. The Bertz CT molecular complexity index is 1190. The molecule has 0 saturated heterocycles. The molecule has 12 nitrogen and oxygen atoms in total. The molecule has 0 bridgehead atoms. The van der Waals surface area contributed by atoms with E-state index in [1.54, 1.807) is 30.5 Å². The van der Waals surface area contributed by atoms with Crippen molar-refractivity contribution in [3.63, 3.8) is 0 Å². The number of fused-ring (bicyclic) bond motifs is 1. The molecule has 1 aromatic heterocycles. The molecule has 0 atom stereocenters. The van der Waals surface area contributed by atoms with Gasteiger partial charge in [0, 0.05) is 5.56 Å². The van der Waals surface area contributed by atoms with E-state index in [0.29, 0.717) is 11.4 Å². The lowest BCUT2D eigenvalue weighted by atomic mass is 10.1. The lowest BCUT2D eigenvalue weighted by Gasteiger charge is -2.12. The van der Waals surface area contributed by atoms with Crippen molar-refractivity contribution in [1.82, 2.24) is 14.8 Å². The van der Waals surface area contributed by atoms with Crippen molar-refractivity contribution in [2.45, 2.75) is 20.4 Å². The highest BCUT2D eigenvalue weighted by Crippen LogP contribution is 2.35. The van der Waals surface area contributed by atoms with E-state index < -0.39 is 22.0 Å². The first-order chi connectivity index (χ1) is 15.2. The smallest absolute Gasteiger partial charge is 0.371 e. The fourth-order valence-corrected chi connectivity index (χ4v) is 3.65. The number of carbonyl (C=O) groups is 2. The number of rotatable bonds is 9. The highest BCUT2D eigenvalue weighted by atomic mass is 32.2. The van der Waals surface area contributed by atoms with Gasteiger partial charge < -0.3 is 14.0 Å². The number of hydrogen-bond acceptors (Lipinski definition) is 10. The van der Waals surface area contributed by atoms with Crippen LogP contribution >= 0.6 is 0 Å². The number of methoxy groups -OCH3 is 1. The molecular weight excluding hydrogens is 444 g/mol. The van der Waals surface area contributed by atoms with E-state index in [9.17, 15) is 18.0 Å². The van der Waals surface area contributed by atoms with Crippen LogP contribution in [0.15, 0.2) is 23.8 Å². The zero-order valence-electron chi connectivity index (χ0n) is 17.9. The molecule has 0 fully saturated rings. The SMILES string of the molecule is CCOOC(=O)C1=C(C(=O)OCC)c2nnc(-c3ccc(NS(C)(=O)=O)c(OC)c3)n2C1. The molecule has 1 aliphatic rings. The van der Waals surface area contributed by atoms with Gasteiger partial charge in [-0.05, 0) is 32.0 Å². The number of carbonyl (C=O) groups excluding carboxylic acids is 2. The first-order valence-corrected chi connectivity index (χ1v) is 11.4. The predicted octanol–water partition coefficient (Wildman–Crippen LogP) is 1.15. The summed E-state index contributed by atoms with van der Waals surface area (Å²) in [5, 5.41) is 8.19. The quantitative estimate of drug-likeness (QED) is 0.324. The van der Waals surface area contributed by atoms with Gasteiger partial charge in [-0.2, -0.15) is 4.89 Å². The zero-order valence-corrected chi connectivity index (χ0v) is 18.7. The van der Waals surface area contributed by atoms with Crippen molar-refractivity contribution in [1.29, 1.82) is 0 Å². The lowest BCUT2D eigenvalue weighted by molar-refractivity contribution is -0.265. The van der Waals surface area contributed by atoms with Gasteiger partial charge in [-0.25, -0.2) is 18.0 Å². The molecule has 172 valence electrons. The maximum absolute atomic E-state index is 12.5. The largest absolute Gasteiger partial charge is 0.495 e. The van der Waals surface area contributed by atoms with E-state index in [1.807, 2.05) is 0 Å². The molecule has 2 aromatic rings. The third kappa shape index (κ3) is 4.73.